The van der Waals surface area contributed by atoms with Gasteiger partial charge in [-0.3, -0.25) is 0 Å². The third kappa shape index (κ3) is 4.31. The highest BCUT2D eigenvalue weighted by atomic mass is 32.2. The van der Waals surface area contributed by atoms with Crippen molar-refractivity contribution in [2.75, 3.05) is 6.54 Å². The van der Waals surface area contributed by atoms with Crippen LogP contribution in [-0.4, -0.2) is 30.6 Å². The van der Waals surface area contributed by atoms with Crippen LogP contribution in [0.15, 0.2) is 17.2 Å². The first-order chi connectivity index (χ1) is 9.63. The zero-order chi connectivity index (χ0) is 16.3. The van der Waals surface area contributed by atoms with Crippen LogP contribution in [0.1, 0.15) is 37.7 Å². The molecule has 0 spiro atoms. The maximum absolute atomic E-state index is 12.2. The van der Waals surface area contributed by atoms with Gasteiger partial charge in [0.05, 0.1) is 11.5 Å². The van der Waals surface area contributed by atoms with Crippen LogP contribution in [0.4, 0.5) is 0 Å². The molecule has 0 aliphatic rings. The number of hydrogen-bond acceptors (Lipinski definition) is 4. The Kier molecular flexibility index (Phi) is 5.15. The zero-order valence-electron chi connectivity index (χ0n) is 12.3. The van der Waals surface area contributed by atoms with Crippen molar-refractivity contribution in [2.45, 2.75) is 38.6 Å². The highest BCUT2D eigenvalue weighted by Crippen LogP contribution is 2.17. The fourth-order valence-electron chi connectivity index (χ4n) is 1.63. The van der Waals surface area contributed by atoms with E-state index in [0.717, 1.165) is 6.07 Å². The molecule has 0 bridgehead atoms. The van der Waals surface area contributed by atoms with Gasteiger partial charge in [-0.1, -0.05) is 6.92 Å². The van der Waals surface area contributed by atoms with Crippen molar-refractivity contribution in [1.82, 2.24) is 9.29 Å². The van der Waals surface area contributed by atoms with Crippen molar-refractivity contribution >= 4 is 16.0 Å². The Hall–Kier alpha value is -1.85. The van der Waals surface area contributed by atoms with Gasteiger partial charge >= 0.3 is 5.97 Å². The van der Waals surface area contributed by atoms with Crippen LogP contribution in [0, 0.1) is 16.7 Å². The fourth-order valence-corrected chi connectivity index (χ4v) is 2.88. The van der Waals surface area contributed by atoms with E-state index in [9.17, 15) is 13.2 Å². The van der Waals surface area contributed by atoms with E-state index in [0.29, 0.717) is 13.0 Å². The molecule has 0 aromatic carbocycles. The molecule has 1 rings (SSSR count). The zero-order valence-corrected chi connectivity index (χ0v) is 13.1. The number of aromatic carboxylic acids is 1. The summed E-state index contributed by atoms with van der Waals surface area (Å²) < 4.78 is 28.0. The minimum absolute atomic E-state index is 0.0484. The number of nitriles is 1. The van der Waals surface area contributed by atoms with Gasteiger partial charge in [0.25, 0.3) is 0 Å². The predicted octanol–water partition coefficient (Wildman–Crippen LogP) is 1.42. The summed E-state index contributed by atoms with van der Waals surface area (Å²) in [4.78, 5) is 11.0. The molecule has 8 heteroatoms. The lowest BCUT2D eigenvalue weighted by molar-refractivity contribution is 0.0685. The molecule has 0 aliphatic carbocycles. The number of carbonyl (C=O) groups is 1. The van der Waals surface area contributed by atoms with Crippen LogP contribution in [0.5, 0.6) is 0 Å². The molecule has 0 aliphatic heterocycles. The normalized spacial score (nSPS) is 12.1. The van der Waals surface area contributed by atoms with E-state index in [1.54, 1.807) is 13.8 Å². The third-order valence-electron chi connectivity index (χ3n) is 2.87. The standard InChI is InChI=1S/C13H19N3O4S/c1-4-5-16-7-10(6-11(16)12(17)18)21(19,20)15-9-13(2,3)8-14/h6-7,15H,4-5,9H2,1-3H3,(H,17,18). The summed E-state index contributed by atoms with van der Waals surface area (Å²) in [5.74, 6) is -1.18. The van der Waals surface area contributed by atoms with Crippen LogP contribution < -0.4 is 4.72 Å². The van der Waals surface area contributed by atoms with Crippen LogP contribution >= 0.6 is 0 Å². The van der Waals surface area contributed by atoms with E-state index in [2.05, 4.69) is 4.72 Å². The molecule has 0 radical (unpaired) electrons. The van der Waals surface area contributed by atoms with E-state index >= 15 is 0 Å². The van der Waals surface area contributed by atoms with E-state index in [4.69, 9.17) is 10.4 Å². The Balaban J connectivity index is 3.07. The fraction of sp³-hybridized carbons (Fsp3) is 0.538. The van der Waals surface area contributed by atoms with Gasteiger partial charge in [0.2, 0.25) is 10.0 Å². The van der Waals surface area contributed by atoms with Gasteiger partial charge in [-0.25, -0.2) is 17.9 Å². The van der Waals surface area contributed by atoms with E-state index < -0.39 is 21.4 Å². The molecule has 116 valence electrons. The number of carboxylic acids is 1. The summed E-state index contributed by atoms with van der Waals surface area (Å²) in [7, 11) is -3.84. The summed E-state index contributed by atoms with van der Waals surface area (Å²) in [5.41, 5.74) is -0.911. The highest BCUT2D eigenvalue weighted by Gasteiger charge is 2.24. The Bertz CT molecular complexity index is 668. The van der Waals surface area contributed by atoms with Crippen molar-refractivity contribution < 1.29 is 18.3 Å². The van der Waals surface area contributed by atoms with Gasteiger partial charge in [-0.2, -0.15) is 5.26 Å². The topological polar surface area (TPSA) is 112 Å². The molecule has 1 aromatic rings. The van der Waals surface area contributed by atoms with Crippen molar-refractivity contribution in [1.29, 1.82) is 5.26 Å². The Morgan fingerprint density at radius 2 is 2.14 bits per heavy atom. The molecule has 0 saturated carbocycles. The van der Waals surface area contributed by atoms with Crippen molar-refractivity contribution in [2.24, 2.45) is 5.41 Å². The van der Waals surface area contributed by atoms with Crippen LogP contribution in [0.3, 0.4) is 0 Å². The summed E-state index contributed by atoms with van der Waals surface area (Å²) in [6.07, 6.45) is 1.98. The number of hydrogen-bond donors (Lipinski definition) is 2. The average molecular weight is 313 g/mol. The minimum Gasteiger partial charge on any atom is -0.477 e. The molecular weight excluding hydrogens is 294 g/mol. The van der Waals surface area contributed by atoms with Crippen LogP contribution in [0.2, 0.25) is 0 Å². The first-order valence-corrected chi connectivity index (χ1v) is 7.95. The molecule has 21 heavy (non-hydrogen) atoms. The van der Waals surface area contributed by atoms with Gasteiger partial charge in [-0.15, -0.1) is 0 Å². The molecule has 0 unspecified atom stereocenters. The largest absolute Gasteiger partial charge is 0.477 e. The minimum atomic E-state index is -3.84. The number of nitrogens with one attached hydrogen (secondary N) is 1. The maximum Gasteiger partial charge on any atom is 0.352 e. The number of aromatic nitrogens is 1. The van der Waals surface area contributed by atoms with Crippen molar-refractivity contribution in [3.8, 4) is 6.07 Å². The lowest BCUT2D eigenvalue weighted by Gasteiger charge is -2.15. The van der Waals surface area contributed by atoms with Gasteiger partial charge in [-0.05, 0) is 26.3 Å². The van der Waals surface area contributed by atoms with E-state index in [-0.39, 0.29) is 17.1 Å². The van der Waals surface area contributed by atoms with Gasteiger partial charge in [0.1, 0.15) is 10.6 Å². The molecule has 7 nitrogen and oxygen atoms in total. The summed E-state index contributed by atoms with van der Waals surface area (Å²) >= 11 is 0. The number of rotatable bonds is 7. The van der Waals surface area contributed by atoms with Crippen LogP contribution in [-0.2, 0) is 16.6 Å². The quantitative estimate of drug-likeness (QED) is 0.790. The number of carboxylic acid groups (broad SMARTS) is 1. The number of aryl methyl sites for hydroxylation is 1. The van der Waals surface area contributed by atoms with Gasteiger partial charge < -0.3 is 9.67 Å². The summed E-state index contributed by atoms with van der Waals surface area (Å²) in [6, 6.07) is 3.12. The Morgan fingerprint density at radius 1 is 1.52 bits per heavy atom. The number of nitrogens with zero attached hydrogens (tertiary/aromatic N) is 2. The molecule has 0 amide bonds. The van der Waals surface area contributed by atoms with Gasteiger partial charge in [0, 0.05) is 19.3 Å². The lowest BCUT2D eigenvalue weighted by atomic mass is 9.97. The second kappa shape index (κ2) is 6.28. The average Bonchev–Trinajstić information content (AvgIpc) is 2.82. The molecule has 0 fully saturated rings. The molecule has 1 heterocycles. The monoisotopic (exact) mass is 313 g/mol. The maximum atomic E-state index is 12.2. The Morgan fingerprint density at radius 3 is 2.62 bits per heavy atom. The third-order valence-corrected chi connectivity index (χ3v) is 4.24. The second-order valence-corrected chi connectivity index (χ2v) is 7.15. The second-order valence-electron chi connectivity index (χ2n) is 5.38. The Labute approximate surface area is 124 Å². The van der Waals surface area contributed by atoms with Crippen LogP contribution in [0.25, 0.3) is 0 Å². The van der Waals surface area contributed by atoms with Crippen molar-refractivity contribution in [3.63, 3.8) is 0 Å². The molecule has 0 saturated heterocycles. The van der Waals surface area contributed by atoms with Gasteiger partial charge in [0.15, 0.2) is 0 Å². The first kappa shape index (κ1) is 17.2. The molecule has 0 atom stereocenters. The van der Waals surface area contributed by atoms with Crippen molar-refractivity contribution in [3.05, 3.63) is 18.0 Å². The number of sulfonamides is 1. The van der Waals surface area contributed by atoms with E-state index in [1.165, 1.54) is 10.8 Å². The summed E-state index contributed by atoms with van der Waals surface area (Å²) in [5, 5.41) is 18.0. The molecule has 2 N–H and O–H groups in total. The predicted molar refractivity (Wildman–Crippen MR) is 76.3 cm³/mol. The SMILES string of the molecule is CCCn1cc(S(=O)(=O)NCC(C)(C)C#N)cc1C(=O)O. The molecular formula is C13H19N3O4S. The lowest BCUT2D eigenvalue weighted by Crippen LogP contribution is -2.33. The summed E-state index contributed by atoms with van der Waals surface area (Å²) in [6.45, 7) is 5.46. The smallest absolute Gasteiger partial charge is 0.352 e. The van der Waals surface area contributed by atoms with E-state index in [1.807, 2.05) is 13.0 Å². The highest BCUT2D eigenvalue weighted by molar-refractivity contribution is 7.89. The molecule has 1 aromatic heterocycles. The first-order valence-electron chi connectivity index (χ1n) is 6.47.